The van der Waals surface area contributed by atoms with E-state index in [1.807, 2.05) is 32.9 Å². The molecule has 0 aliphatic heterocycles. The van der Waals surface area contributed by atoms with E-state index in [9.17, 15) is 4.79 Å². The number of amides is 1. The standard InChI is InChI=1S/C13H17N5OS/c1-8-5-6-11(9(2)7-8)18-13(15-16-17-18)20-10(3)12(19)14-4/h5-7,10H,1-4H3,(H,14,19). The Morgan fingerprint density at radius 1 is 1.40 bits per heavy atom. The van der Waals surface area contributed by atoms with Crippen molar-refractivity contribution in [3.63, 3.8) is 0 Å². The molecule has 0 fully saturated rings. The van der Waals surface area contributed by atoms with Crippen LogP contribution in [0.4, 0.5) is 0 Å². The predicted molar refractivity (Wildman–Crippen MR) is 78.0 cm³/mol. The van der Waals surface area contributed by atoms with Crippen LogP contribution in [0.25, 0.3) is 5.69 Å². The summed E-state index contributed by atoms with van der Waals surface area (Å²) in [6.07, 6.45) is 0. The largest absolute Gasteiger partial charge is 0.358 e. The second-order valence-corrected chi connectivity index (χ2v) is 5.85. The highest BCUT2D eigenvalue weighted by Crippen LogP contribution is 2.24. The van der Waals surface area contributed by atoms with Crippen LogP contribution in [0.15, 0.2) is 23.4 Å². The summed E-state index contributed by atoms with van der Waals surface area (Å²) in [6.45, 7) is 5.88. The van der Waals surface area contributed by atoms with Gasteiger partial charge in [-0.05, 0) is 42.8 Å². The van der Waals surface area contributed by atoms with Crippen LogP contribution in [0, 0.1) is 13.8 Å². The van der Waals surface area contributed by atoms with Crippen LogP contribution in [0.2, 0.25) is 0 Å². The number of carbonyl (C=O) groups excluding carboxylic acids is 1. The van der Waals surface area contributed by atoms with Gasteiger partial charge in [0.1, 0.15) is 0 Å². The molecule has 2 rings (SSSR count). The minimum absolute atomic E-state index is 0.0508. The first-order valence-electron chi connectivity index (χ1n) is 6.27. The van der Waals surface area contributed by atoms with E-state index in [-0.39, 0.29) is 11.2 Å². The minimum atomic E-state index is -0.254. The molecule has 0 saturated carbocycles. The van der Waals surface area contributed by atoms with Gasteiger partial charge in [-0.15, -0.1) is 5.10 Å². The lowest BCUT2D eigenvalue weighted by Gasteiger charge is -2.11. The van der Waals surface area contributed by atoms with E-state index in [1.165, 1.54) is 17.3 Å². The summed E-state index contributed by atoms with van der Waals surface area (Å²) in [5, 5.41) is 14.7. The zero-order valence-electron chi connectivity index (χ0n) is 11.9. The quantitative estimate of drug-likeness (QED) is 0.864. The van der Waals surface area contributed by atoms with Gasteiger partial charge in [-0.2, -0.15) is 4.68 Å². The van der Waals surface area contributed by atoms with Gasteiger partial charge >= 0.3 is 0 Å². The van der Waals surface area contributed by atoms with Crippen LogP contribution < -0.4 is 5.32 Å². The fourth-order valence-corrected chi connectivity index (χ4v) is 2.72. The molecular formula is C13H17N5OS. The minimum Gasteiger partial charge on any atom is -0.358 e. The summed E-state index contributed by atoms with van der Waals surface area (Å²) < 4.78 is 1.67. The van der Waals surface area contributed by atoms with Gasteiger partial charge in [-0.1, -0.05) is 29.5 Å². The number of thioether (sulfide) groups is 1. The predicted octanol–water partition coefficient (Wildman–Crippen LogP) is 1.51. The zero-order valence-corrected chi connectivity index (χ0v) is 12.7. The number of rotatable bonds is 4. The monoisotopic (exact) mass is 291 g/mol. The molecule has 7 heteroatoms. The van der Waals surface area contributed by atoms with Gasteiger partial charge in [0, 0.05) is 7.05 Å². The molecule has 1 heterocycles. The molecule has 1 unspecified atom stereocenters. The molecule has 106 valence electrons. The lowest BCUT2D eigenvalue weighted by atomic mass is 10.1. The van der Waals surface area contributed by atoms with Gasteiger partial charge in [0.15, 0.2) is 0 Å². The Hall–Kier alpha value is -1.89. The summed E-state index contributed by atoms with van der Waals surface area (Å²) in [7, 11) is 1.62. The van der Waals surface area contributed by atoms with E-state index >= 15 is 0 Å². The van der Waals surface area contributed by atoms with E-state index in [0.29, 0.717) is 5.16 Å². The van der Waals surface area contributed by atoms with Gasteiger partial charge in [0.25, 0.3) is 0 Å². The van der Waals surface area contributed by atoms with Crippen LogP contribution in [0.3, 0.4) is 0 Å². The molecular weight excluding hydrogens is 274 g/mol. The van der Waals surface area contributed by atoms with Crippen molar-refractivity contribution in [1.82, 2.24) is 25.5 Å². The summed E-state index contributed by atoms with van der Waals surface area (Å²) in [6, 6.07) is 6.07. The van der Waals surface area contributed by atoms with Gasteiger partial charge < -0.3 is 5.32 Å². The number of nitrogens with one attached hydrogen (secondary N) is 1. The van der Waals surface area contributed by atoms with Crippen molar-refractivity contribution in [3.8, 4) is 5.69 Å². The highest BCUT2D eigenvalue weighted by molar-refractivity contribution is 8.00. The third kappa shape index (κ3) is 2.98. The van der Waals surface area contributed by atoms with Crippen LogP contribution in [0.1, 0.15) is 18.1 Å². The van der Waals surface area contributed by atoms with E-state index < -0.39 is 0 Å². The second-order valence-electron chi connectivity index (χ2n) is 4.54. The van der Waals surface area contributed by atoms with E-state index in [4.69, 9.17) is 0 Å². The normalized spacial score (nSPS) is 12.2. The van der Waals surface area contributed by atoms with Crippen LogP contribution in [-0.2, 0) is 4.79 Å². The van der Waals surface area contributed by atoms with Gasteiger partial charge in [0.2, 0.25) is 11.1 Å². The van der Waals surface area contributed by atoms with E-state index in [0.717, 1.165) is 11.3 Å². The maximum atomic E-state index is 11.6. The summed E-state index contributed by atoms with van der Waals surface area (Å²) in [4.78, 5) is 11.6. The summed E-state index contributed by atoms with van der Waals surface area (Å²) >= 11 is 1.33. The Bertz CT molecular complexity index is 625. The second kappa shape index (κ2) is 6.04. The topological polar surface area (TPSA) is 72.7 Å². The molecule has 1 atom stereocenters. The molecule has 0 aliphatic carbocycles. The van der Waals surface area contributed by atoms with Crippen LogP contribution in [0.5, 0.6) is 0 Å². The fraction of sp³-hybridized carbons (Fsp3) is 0.385. The Labute approximate surface area is 121 Å². The summed E-state index contributed by atoms with van der Waals surface area (Å²) in [5.74, 6) is -0.0508. The highest BCUT2D eigenvalue weighted by atomic mass is 32.2. The first kappa shape index (κ1) is 14.5. The number of benzene rings is 1. The number of aryl methyl sites for hydroxylation is 2. The molecule has 1 N–H and O–H groups in total. The number of nitrogens with zero attached hydrogens (tertiary/aromatic N) is 4. The molecule has 0 aliphatic rings. The number of hydrogen-bond donors (Lipinski definition) is 1. The Kier molecular flexibility index (Phi) is 4.39. The molecule has 0 bridgehead atoms. The molecule has 1 aromatic heterocycles. The smallest absolute Gasteiger partial charge is 0.233 e. The Morgan fingerprint density at radius 2 is 2.15 bits per heavy atom. The third-order valence-corrected chi connectivity index (χ3v) is 3.95. The first-order valence-corrected chi connectivity index (χ1v) is 7.15. The SMILES string of the molecule is CNC(=O)C(C)Sc1nnnn1-c1ccc(C)cc1C. The third-order valence-electron chi connectivity index (χ3n) is 2.92. The number of hydrogen-bond acceptors (Lipinski definition) is 5. The van der Waals surface area contributed by atoms with Crippen LogP contribution in [-0.4, -0.2) is 38.4 Å². The maximum absolute atomic E-state index is 11.6. The molecule has 0 spiro atoms. The molecule has 0 saturated heterocycles. The van der Waals surface area contributed by atoms with E-state index in [1.54, 1.807) is 11.7 Å². The van der Waals surface area contributed by atoms with Crippen molar-refractivity contribution < 1.29 is 4.79 Å². The Morgan fingerprint density at radius 3 is 2.80 bits per heavy atom. The van der Waals surface area contributed by atoms with Crippen molar-refractivity contribution in [2.24, 2.45) is 0 Å². The number of carbonyl (C=O) groups is 1. The average molecular weight is 291 g/mol. The average Bonchev–Trinajstić information content (AvgIpc) is 2.85. The van der Waals surface area contributed by atoms with Crippen molar-refractivity contribution in [2.45, 2.75) is 31.2 Å². The zero-order chi connectivity index (χ0) is 14.7. The Balaban J connectivity index is 2.31. The van der Waals surface area contributed by atoms with Gasteiger partial charge in [0.05, 0.1) is 10.9 Å². The van der Waals surface area contributed by atoms with Gasteiger partial charge in [-0.3, -0.25) is 4.79 Å². The molecule has 6 nitrogen and oxygen atoms in total. The first-order chi connectivity index (χ1) is 9.52. The maximum Gasteiger partial charge on any atom is 0.233 e. The molecule has 1 aromatic carbocycles. The molecule has 2 aromatic rings. The fourth-order valence-electron chi connectivity index (χ4n) is 1.86. The van der Waals surface area contributed by atoms with Crippen molar-refractivity contribution >= 4 is 17.7 Å². The molecule has 0 radical (unpaired) electrons. The number of tetrazole rings is 1. The van der Waals surface area contributed by atoms with Crippen molar-refractivity contribution in [3.05, 3.63) is 29.3 Å². The van der Waals surface area contributed by atoms with Crippen molar-refractivity contribution in [2.75, 3.05) is 7.05 Å². The van der Waals surface area contributed by atoms with Crippen LogP contribution >= 0.6 is 11.8 Å². The molecule has 1 amide bonds. The highest BCUT2D eigenvalue weighted by Gasteiger charge is 2.18. The van der Waals surface area contributed by atoms with Gasteiger partial charge in [-0.25, -0.2) is 0 Å². The lowest BCUT2D eigenvalue weighted by Crippen LogP contribution is -2.27. The number of aromatic nitrogens is 4. The van der Waals surface area contributed by atoms with Crippen molar-refractivity contribution in [1.29, 1.82) is 0 Å². The van der Waals surface area contributed by atoms with E-state index in [2.05, 4.69) is 26.9 Å². The molecule has 20 heavy (non-hydrogen) atoms. The summed E-state index contributed by atoms with van der Waals surface area (Å²) in [5.41, 5.74) is 3.20. The lowest BCUT2D eigenvalue weighted by molar-refractivity contribution is -0.119.